The lowest BCUT2D eigenvalue weighted by Gasteiger charge is -2.32. The van der Waals surface area contributed by atoms with Crippen LogP contribution < -0.4 is 14.8 Å². The van der Waals surface area contributed by atoms with Crippen LogP contribution >= 0.6 is 24.0 Å². The molecule has 0 radical (unpaired) electrons. The third-order valence-electron chi connectivity index (χ3n) is 4.38. The van der Waals surface area contributed by atoms with Crippen molar-refractivity contribution in [1.82, 2.24) is 10.2 Å². The Morgan fingerprint density at radius 3 is 2.48 bits per heavy atom. The van der Waals surface area contributed by atoms with Crippen LogP contribution in [0.4, 0.5) is 0 Å². The van der Waals surface area contributed by atoms with Gasteiger partial charge in [0.15, 0.2) is 17.5 Å². The van der Waals surface area contributed by atoms with Gasteiger partial charge in [0, 0.05) is 33.1 Å². The molecule has 8 heteroatoms. The molecule has 27 heavy (non-hydrogen) atoms. The molecule has 2 rings (SSSR count). The first-order chi connectivity index (χ1) is 12.6. The molecule has 1 aliphatic heterocycles. The largest absolute Gasteiger partial charge is 0.493 e. The fraction of sp³-hybridized carbons (Fsp3) is 0.579. The molecule has 0 fully saturated rings. The maximum atomic E-state index is 11.4. The second kappa shape index (κ2) is 11.9. The van der Waals surface area contributed by atoms with Gasteiger partial charge in [0.25, 0.3) is 0 Å². The average Bonchev–Trinajstić information content (AvgIpc) is 2.66. The van der Waals surface area contributed by atoms with E-state index < -0.39 is 0 Å². The summed E-state index contributed by atoms with van der Waals surface area (Å²) >= 11 is 0. The van der Waals surface area contributed by atoms with Gasteiger partial charge in [-0.3, -0.25) is 9.79 Å². The van der Waals surface area contributed by atoms with Gasteiger partial charge in [-0.25, -0.2) is 0 Å². The quantitative estimate of drug-likeness (QED) is 0.208. The molecule has 0 saturated carbocycles. The van der Waals surface area contributed by atoms with Crippen LogP contribution in [0, 0.1) is 0 Å². The van der Waals surface area contributed by atoms with Gasteiger partial charge < -0.3 is 24.4 Å². The Balaban J connectivity index is 0.00000364. The number of carbonyl (C=O) groups is 1. The zero-order valence-electron chi connectivity index (χ0n) is 16.5. The Hall–Kier alpha value is -1.71. The minimum atomic E-state index is -0.155. The summed E-state index contributed by atoms with van der Waals surface area (Å²) in [4.78, 5) is 18.0. The predicted molar refractivity (Wildman–Crippen MR) is 116 cm³/mol. The van der Waals surface area contributed by atoms with Gasteiger partial charge in [0.2, 0.25) is 0 Å². The number of ether oxygens (including phenoxy) is 3. The van der Waals surface area contributed by atoms with Crippen LogP contribution in [0.5, 0.6) is 11.5 Å². The Labute approximate surface area is 178 Å². The summed E-state index contributed by atoms with van der Waals surface area (Å²) in [6, 6.07) is 4.09. The lowest BCUT2D eigenvalue weighted by atomic mass is 9.99. The van der Waals surface area contributed by atoms with Crippen LogP contribution in [-0.2, 0) is 22.5 Å². The number of nitrogens with zero attached hydrogens (tertiary/aromatic N) is 2. The normalized spacial score (nSPS) is 13.3. The Kier molecular flexibility index (Phi) is 10.3. The highest BCUT2D eigenvalue weighted by Crippen LogP contribution is 2.33. The van der Waals surface area contributed by atoms with E-state index in [1.165, 1.54) is 11.1 Å². The molecule has 1 aromatic carbocycles. The second-order valence-electron chi connectivity index (χ2n) is 6.03. The summed E-state index contributed by atoms with van der Waals surface area (Å²) in [5.41, 5.74) is 2.49. The van der Waals surface area contributed by atoms with E-state index in [1.807, 2.05) is 13.0 Å². The number of guanidine groups is 1. The molecular weight excluding hydrogens is 461 g/mol. The summed E-state index contributed by atoms with van der Waals surface area (Å²) < 4.78 is 15.7. The zero-order chi connectivity index (χ0) is 18.9. The molecule has 1 heterocycles. The van der Waals surface area contributed by atoms with E-state index in [2.05, 4.69) is 21.3 Å². The molecule has 0 unspecified atom stereocenters. The summed E-state index contributed by atoms with van der Waals surface area (Å²) in [6.45, 7) is 4.56. The molecular formula is C19H30IN3O4. The molecule has 1 aromatic rings. The zero-order valence-corrected chi connectivity index (χ0v) is 18.9. The van der Waals surface area contributed by atoms with Gasteiger partial charge in [-0.1, -0.05) is 0 Å². The number of rotatable bonds is 7. The first-order valence-corrected chi connectivity index (χ1v) is 8.97. The van der Waals surface area contributed by atoms with E-state index in [0.717, 1.165) is 37.0 Å². The fourth-order valence-corrected chi connectivity index (χ4v) is 3.06. The molecule has 0 aromatic heterocycles. The van der Waals surface area contributed by atoms with Crippen molar-refractivity contribution in [1.29, 1.82) is 0 Å². The highest BCUT2D eigenvalue weighted by Gasteiger charge is 2.21. The van der Waals surface area contributed by atoms with Crippen LogP contribution in [0.2, 0.25) is 0 Å². The lowest BCUT2D eigenvalue weighted by molar-refractivity contribution is -0.143. The monoisotopic (exact) mass is 491 g/mol. The number of nitrogens with one attached hydrogen (secondary N) is 1. The van der Waals surface area contributed by atoms with E-state index in [9.17, 15) is 4.79 Å². The molecule has 0 bridgehead atoms. The van der Waals surface area contributed by atoms with Crippen molar-refractivity contribution in [3.8, 4) is 11.5 Å². The van der Waals surface area contributed by atoms with Crippen molar-refractivity contribution in [2.75, 3.05) is 41.0 Å². The number of methoxy groups -OCH3 is 2. The first-order valence-electron chi connectivity index (χ1n) is 8.97. The van der Waals surface area contributed by atoms with Crippen LogP contribution in [0.25, 0.3) is 0 Å². The highest BCUT2D eigenvalue weighted by atomic mass is 127. The van der Waals surface area contributed by atoms with Gasteiger partial charge in [0.1, 0.15) is 0 Å². The lowest BCUT2D eigenvalue weighted by Crippen LogP contribution is -2.44. The van der Waals surface area contributed by atoms with Gasteiger partial charge in [-0.2, -0.15) is 0 Å². The van der Waals surface area contributed by atoms with E-state index in [1.54, 1.807) is 21.3 Å². The van der Waals surface area contributed by atoms with Crippen molar-refractivity contribution in [2.24, 2.45) is 4.99 Å². The second-order valence-corrected chi connectivity index (χ2v) is 6.03. The third-order valence-corrected chi connectivity index (χ3v) is 4.38. The van der Waals surface area contributed by atoms with Crippen LogP contribution in [0.3, 0.4) is 0 Å². The SMILES string of the molecule is CCOC(=O)CCCNC(=NC)N1CCc2cc(OC)c(OC)cc2C1.I. The standard InChI is InChI=1S/C19H29N3O4.HI/c1-5-26-18(23)7-6-9-21-19(20-2)22-10-8-14-11-16(24-3)17(25-4)12-15(14)13-22;/h11-12H,5-10,13H2,1-4H3,(H,20,21);1H. The summed E-state index contributed by atoms with van der Waals surface area (Å²) in [6.07, 6.45) is 2.05. The molecule has 1 N–H and O–H groups in total. The number of fused-ring (bicyclic) bond motifs is 1. The van der Waals surface area contributed by atoms with E-state index in [4.69, 9.17) is 14.2 Å². The summed E-state index contributed by atoms with van der Waals surface area (Å²) in [5.74, 6) is 2.19. The Morgan fingerprint density at radius 2 is 1.89 bits per heavy atom. The van der Waals surface area contributed by atoms with Crippen molar-refractivity contribution in [3.63, 3.8) is 0 Å². The van der Waals surface area contributed by atoms with Gasteiger partial charge in [-0.15, -0.1) is 24.0 Å². The van der Waals surface area contributed by atoms with Crippen LogP contribution in [0.15, 0.2) is 17.1 Å². The van der Waals surface area contributed by atoms with Gasteiger partial charge in [0.05, 0.1) is 20.8 Å². The molecule has 0 amide bonds. The van der Waals surface area contributed by atoms with Crippen LogP contribution in [0.1, 0.15) is 30.9 Å². The Bertz CT molecular complexity index is 652. The van der Waals surface area contributed by atoms with E-state index in [0.29, 0.717) is 26.0 Å². The summed E-state index contributed by atoms with van der Waals surface area (Å²) in [7, 11) is 5.08. The third kappa shape index (κ3) is 6.44. The van der Waals surface area contributed by atoms with Gasteiger partial charge >= 0.3 is 5.97 Å². The van der Waals surface area contributed by atoms with Crippen molar-refractivity contribution >= 4 is 35.9 Å². The minimum Gasteiger partial charge on any atom is -0.493 e. The number of aliphatic imine (C=N–C) groups is 1. The smallest absolute Gasteiger partial charge is 0.305 e. The van der Waals surface area contributed by atoms with Crippen molar-refractivity contribution in [3.05, 3.63) is 23.3 Å². The molecule has 152 valence electrons. The van der Waals surface area contributed by atoms with E-state index in [-0.39, 0.29) is 29.9 Å². The fourth-order valence-electron chi connectivity index (χ4n) is 3.06. The van der Waals surface area contributed by atoms with Crippen molar-refractivity contribution < 1.29 is 19.0 Å². The first kappa shape index (κ1) is 23.3. The van der Waals surface area contributed by atoms with E-state index >= 15 is 0 Å². The predicted octanol–water partition coefficient (Wildman–Crippen LogP) is 2.60. The molecule has 0 aliphatic carbocycles. The molecule has 0 saturated heterocycles. The minimum absolute atomic E-state index is 0. The highest BCUT2D eigenvalue weighted by molar-refractivity contribution is 14.0. The van der Waals surface area contributed by atoms with Crippen LogP contribution in [-0.4, -0.2) is 57.8 Å². The number of carbonyl (C=O) groups excluding carboxylic acids is 1. The number of halogens is 1. The van der Waals surface area contributed by atoms with Gasteiger partial charge in [-0.05, 0) is 43.0 Å². The number of hydrogen-bond acceptors (Lipinski definition) is 5. The Morgan fingerprint density at radius 1 is 1.22 bits per heavy atom. The number of esters is 1. The molecule has 0 atom stereocenters. The molecule has 0 spiro atoms. The molecule has 1 aliphatic rings. The maximum Gasteiger partial charge on any atom is 0.305 e. The number of benzene rings is 1. The average molecular weight is 491 g/mol. The summed E-state index contributed by atoms with van der Waals surface area (Å²) in [5, 5.41) is 3.33. The van der Waals surface area contributed by atoms with Crippen molar-refractivity contribution in [2.45, 2.75) is 32.7 Å². The topological polar surface area (TPSA) is 72.4 Å². The molecule has 7 nitrogen and oxygen atoms in total. The maximum absolute atomic E-state index is 11.4. The number of hydrogen-bond donors (Lipinski definition) is 1.